The van der Waals surface area contributed by atoms with Crippen molar-refractivity contribution >= 4 is 60.1 Å². The van der Waals surface area contributed by atoms with Gasteiger partial charge in [0.15, 0.2) is 14.8 Å². The Labute approximate surface area is 89.6 Å². The van der Waals surface area contributed by atoms with Crippen molar-refractivity contribution in [1.82, 2.24) is 0 Å². The summed E-state index contributed by atoms with van der Waals surface area (Å²) < 4.78 is -0.872. The molecule has 0 saturated heterocycles. The normalized spacial score (nSPS) is 15.3. The average Bonchev–Trinajstić information content (AvgIpc) is 1.58. The molecular formula is C5H12Cl4Si2. The van der Waals surface area contributed by atoms with Crippen LogP contribution in [-0.4, -0.2) is 18.3 Å². The number of halogens is 4. The molecule has 0 unspecified atom stereocenters. The molecule has 0 heterocycles. The first-order valence-corrected chi connectivity index (χ1v) is 12.0. The summed E-state index contributed by atoms with van der Waals surface area (Å²) >= 11 is 24.5. The van der Waals surface area contributed by atoms with E-state index in [1.807, 2.05) is 26.2 Å². The lowest BCUT2D eigenvalue weighted by atomic mass is 11.7. The lowest BCUT2D eigenvalue weighted by Crippen LogP contribution is -2.56. The molecule has 68 valence electrons. The highest BCUT2D eigenvalue weighted by Gasteiger charge is 2.54. The summed E-state index contributed by atoms with van der Waals surface area (Å²) in [5.74, 6) is 0. The van der Waals surface area contributed by atoms with Crippen LogP contribution in [0.1, 0.15) is 0 Å². The lowest BCUT2D eigenvalue weighted by molar-refractivity contribution is 1.46. The van der Waals surface area contributed by atoms with Crippen molar-refractivity contribution in [3.8, 4) is 0 Å². The van der Waals surface area contributed by atoms with Gasteiger partial charge in [0.25, 0.3) is 0 Å². The molecule has 6 heteroatoms. The average molecular weight is 270 g/mol. The Kier molecular flexibility index (Phi) is 3.88. The molecule has 11 heavy (non-hydrogen) atoms. The van der Waals surface area contributed by atoms with Gasteiger partial charge in [-0.25, -0.2) is 0 Å². The van der Waals surface area contributed by atoms with Crippen molar-refractivity contribution in [2.45, 2.75) is 29.8 Å². The Morgan fingerprint density at radius 3 is 1.00 bits per heavy atom. The van der Waals surface area contributed by atoms with E-state index < -0.39 is 18.3 Å². The Bertz CT molecular complexity index is 128. The predicted molar refractivity (Wildman–Crippen MR) is 61.1 cm³/mol. The summed E-state index contributed by atoms with van der Waals surface area (Å²) in [7, 11) is -4.17. The maximum Gasteiger partial charge on any atom is 0.187 e. The van der Waals surface area contributed by atoms with E-state index in [0.717, 1.165) is 0 Å². The van der Waals surface area contributed by atoms with Crippen molar-refractivity contribution in [2.75, 3.05) is 0 Å². The fraction of sp³-hybridized carbons (Fsp3) is 1.00. The van der Waals surface area contributed by atoms with E-state index in [4.69, 9.17) is 45.4 Å². The van der Waals surface area contributed by atoms with Crippen LogP contribution in [0.2, 0.25) is 26.2 Å². The molecule has 0 aliphatic carbocycles. The smallest absolute Gasteiger partial charge is 0.164 e. The Balaban J connectivity index is 4.75. The third-order valence-electron chi connectivity index (χ3n) is 1.49. The minimum absolute atomic E-state index is 0.872. The van der Waals surface area contributed by atoms with Gasteiger partial charge < -0.3 is 0 Å². The second kappa shape index (κ2) is 3.39. The monoisotopic (exact) mass is 268 g/mol. The van der Waals surface area contributed by atoms with Crippen LogP contribution >= 0.6 is 45.4 Å². The quantitative estimate of drug-likeness (QED) is 0.402. The Morgan fingerprint density at radius 2 is 1.00 bits per heavy atom. The second-order valence-corrected chi connectivity index (χ2v) is 19.7. The van der Waals surface area contributed by atoms with E-state index in [2.05, 4.69) is 0 Å². The number of hydrogen-bond acceptors (Lipinski definition) is 0. The van der Waals surface area contributed by atoms with Crippen molar-refractivity contribution < 1.29 is 0 Å². The highest BCUT2D eigenvalue weighted by molar-refractivity contribution is 7.41. The number of alkyl halides is 2. The van der Waals surface area contributed by atoms with Crippen LogP contribution in [-0.2, 0) is 0 Å². The third kappa shape index (κ3) is 2.78. The molecule has 0 aromatic rings. The molecule has 0 radical (unpaired) electrons. The molecule has 0 aromatic heterocycles. The zero-order valence-corrected chi connectivity index (χ0v) is 12.0. The maximum absolute atomic E-state index is 6.13. The van der Waals surface area contributed by atoms with Crippen LogP contribution in [0.3, 0.4) is 0 Å². The highest BCUT2D eigenvalue weighted by atomic mass is 35.6. The van der Waals surface area contributed by atoms with Crippen molar-refractivity contribution in [3.05, 3.63) is 0 Å². The molecule has 0 rings (SSSR count). The van der Waals surface area contributed by atoms with Gasteiger partial charge in [0.2, 0.25) is 0 Å². The summed E-state index contributed by atoms with van der Waals surface area (Å²) in [5.41, 5.74) is 0. The third-order valence-corrected chi connectivity index (χ3v) is 17.7. The van der Waals surface area contributed by atoms with E-state index in [-0.39, 0.29) is 0 Å². The SMILES string of the molecule is C[Si](C)(Cl)C(Cl)(Cl)[Si](C)(C)Cl. The molecule has 0 aliphatic rings. The first-order valence-electron chi connectivity index (χ1n) is 3.26. The molecule has 0 atom stereocenters. The molecule has 0 saturated carbocycles. The molecule has 0 fully saturated rings. The molecule has 0 aromatic carbocycles. The van der Waals surface area contributed by atoms with Crippen molar-refractivity contribution in [2.24, 2.45) is 0 Å². The van der Waals surface area contributed by atoms with Crippen molar-refractivity contribution in [1.29, 1.82) is 0 Å². The lowest BCUT2D eigenvalue weighted by Gasteiger charge is -2.37. The van der Waals surface area contributed by atoms with E-state index in [1.54, 1.807) is 0 Å². The fourth-order valence-electron chi connectivity index (χ4n) is 0.707. The van der Waals surface area contributed by atoms with E-state index in [1.165, 1.54) is 0 Å². The molecular weight excluding hydrogens is 258 g/mol. The molecule has 0 spiro atoms. The topological polar surface area (TPSA) is 0 Å². The molecule has 0 bridgehead atoms. The van der Waals surface area contributed by atoms with Gasteiger partial charge in [-0.05, 0) is 0 Å². The van der Waals surface area contributed by atoms with Gasteiger partial charge in [-0.3, -0.25) is 0 Å². The Hall–Kier alpha value is 1.59. The Morgan fingerprint density at radius 1 is 0.818 bits per heavy atom. The van der Waals surface area contributed by atoms with Crippen LogP contribution in [0.25, 0.3) is 0 Å². The summed E-state index contributed by atoms with van der Waals surface area (Å²) in [6.07, 6.45) is 0. The summed E-state index contributed by atoms with van der Waals surface area (Å²) in [5, 5.41) is 0. The van der Waals surface area contributed by atoms with E-state index in [9.17, 15) is 0 Å². The van der Waals surface area contributed by atoms with Crippen LogP contribution in [0, 0.1) is 0 Å². The molecule has 0 N–H and O–H groups in total. The number of hydrogen-bond donors (Lipinski definition) is 0. The largest absolute Gasteiger partial charge is 0.187 e. The van der Waals surface area contributed by atoms with Gasteiger partial charge in [0.1, 0.15) is 3.58 Å². The summed E-state index contributed by atoms with van der Waals surface area (Å²) in [6.45, 7) is 7.63. The minimum atomic E-state index is -2.09. The van der Waals surface area contributed by atoms with Crippen LogP contribution in [0.4, 0.5) is 0 Å². The van der Waals surface area contributed by atoms with E-state index in [0.29, 0.717) is 0 Å². The van der Waals surface area contributed by atoms with Gasteiger partial charge in [0.05, 0.1) is 0 Å². The highest BCUT2D eigenvalue weighted by Crippen LogP contribution is 2.44. The molecule has 0 nitrogen and oxygen atoms in total. The van der Waals surface area contributed by atoms with E-state index >= 15 is 0 Å². The predicted octanol–water partition coefficient (Wildman–Crippen LogP) is 4.13. The van der Waals surface area contributed by atoms with Gasteiger partial charge in [-0.1, -0.05) is 26.2 Å². The van der Waals surface area contributed by atoms with Crippen LogP contribution in [0.5, 0.6) is 0 Å². The van der Waals surface area contributed by atoms with Gasteiger partial charge in [0, 0.05) is 0 Å². The van der Waals surface area contributed by atoms with Gasteiger partial charge in [-0.15, -0.1) is 23.2 Å². The standard InChI is InChI=1S/C5H12Cl4Si2/c1-10(2,8)5(6,7)11(3,4)9/h1-4H3. The van der Waals surface area contributed by atoms with Crippen LogP contribution in [0.15, 0.2) is 0 Å². The zero-order valence-electron chi connectivity index (χ0n) is 7.01. The minimum Gasteiger partial charge on any atom is -0.164 e. The van der Waals surface area contributed by atoms with Gasteiger partial charge in [-0.2, -0.15) is 22.2 Å². The fourth-order valence-corrected chi connectivity index (χ4v) is 11.0. The summed E-state index contributed by atoms with van der Waals surface area (Å²) in [4.78, 5) is 0. The molecule has 0 aliphatic heterocycles. The first-order chi connectivity index (χ1) is 4.50. The zero-order chi connectivity index (χ0) is 9.50. The van der Waals surface area contributed by atoms with Crippen molar-refractivity contribution in [3.63, 3.8) is 0 Å². The maximum atomic E-state index is 6.13. The van der Waals surface area contributed by atoms with Gasteiger partial charge >= 0.3 is 0 Å². The molecule has 0 amide bonds. The first kappa shape index (κ1) is 12.6. The number of rotatable bonds is 2. The van der Waals surface area contributed by atoms with Crippen LogP contribution < -0.4 is 0 Å². The summed E-state index contributed by atoms with van der Waals surface area (Å²) in [6, 6.07) is 0. The second-order valence-electron chi connectivity index (χ2n) is 3.52.